The van der Waals surface area contributed by atoms with E-state index in [9.17, 15) is 0 Å². The molecule has 1 unspecified atom stereocenters. The molecule has 0 aliphatic rings. The van der Waals surface area contributed by atoms with E-state index in [1.165, 1.54) is 38.8 Å². The first kappa shape index (κ1) is 16.6. The minimum atomic E-state index is 0.737. The molecule has 0 aromatic carbocycles. The van der Waals surface area contributed by atoms with Crippen molar-refractivity contribution in [2.45, 2.75) is 39.0 Å². The van der Waals surface area contributed by atoms with E-state index in [0.717, 1.165) is 30.0 Å². The van der Waals surface area contributed by atoms with Crippen molar-refractivity contribution in [1.29, 1.82) is 0 Å². The Morgan fingerprint density at radius 1 is 1.18 bits per heavy atom. The van der Waals surface area contributed by atoms with Gasteiger partial charge in [0.1, 0.15) is 5.69 Å². The van der Waals surface area contributed by atoms with Gasteiger partial charge in [-0.2, -0.15) is 0 Å². The number of nitrogens with zero attached hydrogens (tertiary/aromatic N) is 2. The Labute approximate surface area is 133 Å². The summed E-state index contributed by atoms with van der Waals surface area (Å²) in [5.74, 6) is 0.798. The number of aromatic nitrogens is 2. The van der Waals surface area contributed by atoms with Crippen molar-refractivity contribution < 1.29 is 4.90 Å². The second-order valence-corrected chi connectivity index (χ2v) is 6.09. The monoisotopic (exact) mass is 304 g/mol. The molecule has 122 valence electrons. The zero-order valence-corrected chi connectivity index (χ0v) is 13.9. The van der Waals surface area contributed by atoms with Crippen molar-refractivity contribution in [2.24, 2.45) is 0 Å². The number of nitrogens with two attached hydrogens (primary N) is 1. The van der Waals surface area contributed by atoms with Crippen LogP contribution in [0.1, 0.15) is 39.0 Å². The Balaban J connectivity index is 1.68. The van der Waals surface area contributed by atoms with Gasteiger partial charge in [0.2, 0.25) is 0 Å². The number of nitrogen functional groups attached to an aromatic ring is 1. The highest BCUT2D eigenvalue weighted by Crippen LogP contribution is 2.22. The summed E-state index contributed by atoms with van der Waals surface area (Å²) in [6.45, 7) is 5.64. The lowest BCUT2D eigenvalue weighted by molar-refractivity contribution is -0.879. The molecule has 0 bridgehead atoms. The van der Waals surface area contributed by atoms with Gasteiger partial charge in [0, 0.05) is 19.2 Å². The van der Waals surface area contributed by atoms with Crippen LogP contribution >= 0.6 is 0 Å². The Hall–Kier alpha value is -1.75. The number of hydrogen-bond acceptors (Lipinski definition) is 3. The lowest BCUT2D eigenvalue weighted by Gasteiger charge is -2.14. The molecule has 5 heteroatoms. The van der Waals surface area contributed by atoms with Crippen molar-refractivity contribution in [3.05, 3.63) is 24.4 Å². The topological polar surface area (TPSA) is 59.8 Å². The van der Waals surface area contributed by atoms with Gasteiger partial charge < -0.3 is 16.0 Å². The summed E-state index contributed by atoms with van der Waals surface area (Å²) in [7, 11) is 2.28. The van der Waals surface area contributed by atoms with Crippen LogP contribution in [0.25, 0.3) is 5.52 Å². The number of quaternary nitrogens is 1. The number of rotatable bonds is 10. The van der Waals surface area contributed by atoms with E-state index < -0.39 is 0 Å². The second kappa shape index (κ2) is 8.63. The molecule has 2 rings (SSSR count). The van der Waals surface area contributed by atoms with Crippen LogP contribution in [0.3, 0.4) is 0 Å². The number of hydrogen-bond donors (Lipinski definition) is 3. The van der Waals surface area contributed by atoms with Crippen LogP contribution in [0.15, 0.2) is 24.4 Å². The highest BCUT2D eigenvalue weighted by molar-refractivity contribution is 5.80. The molecule has 0 fully saturated rings. The molecule has 0 aliphatic heterocycles. The first-order chi connectivity index (χ1) is 10.7. The third-order valence-corrected chi connectivity index (χ3v) is 4.11. The third kappa shape index (κ3) is 4.63. The number of unbranched alkanes of at least 4 members (excludes halogenated alkanes) is 3. The van der Waals surface area contributed by atoms with Crippen LogP contribution in [-0.4, -0.2) is 36.3 Å². The molecule has 0 spiro atoms. The van der Waals surface area contributed by atoms with Gasteiger partial charge in [-0.15, -0.1) is 5.10 Å². The second-order valence-electron chi connectivity index (χ2n) is 6.09. The quantitative estimate of drug-likeness (QED) is 0.587. The molecule has 2 aromatic heterocycles. The van der Waals surface area contributed by atoms with Gasteiger partial charge in [0.15, 0.2) is 5.82 Å². The fraction of sp³-hybridized carbons (Fsp3) is 0.588. The van der Waals surface area contributed by atoms with Crippen LogP contribution < -0.4 is 16.0 Å². The smallest absolute Gasteiger partial charge is 0.172 e. The molecule has 0 saturated heterocycles. The average molecular weight is 304 g/mol. The lowest BCUT2D eigenvalue weighted by atomic mass is 10.2. The van der Waals surface area contributed by atoms with Gasteiger partial charge in [-0.25, -0.2) is 4.52 Å². The SMILES string of the molecule is CCCCCC[NH+](C)CCCNc1nn2ccccc2c1N. The Morgan fingerprint density at radius 2 is 2.00 bits per heavy atom. The van der Waals surface area contributed by atoms with E-state index in [0.29, 0.717) is 0 Å². The molecule has 4 N–H and O–H groups in total. The largest absolute Gasteiger partial charge is 0.394 e. The van der Waals surface area contributed by atoms with Gasteiger partial charge in [-0.3, -0.25) is 0 Å². The van der Waals surface area contributed by atoms with Crippen molar-refractivity contribution in [3.8, 4) is 0 Å². The number of anilines is 2. The average Bonchev–Trinajstić information content (AvgIpc) is 2.85. The van der Waals surface area contributed by atoms with Crippen molar-refractivity contribution in [3.63, 3.8) is 0 Å². The summed E-state index contributed by atoms with van der Waals surface area (Å²) in [6, 6.07) is 5.93. The molecule has 0 radical (unpaired) electrons. The van der Waals surface area contributed by atoms with Gasteiger partial charge >= 0.3 is 0 Å². The molecule has 2 heterocycles. The zero-order valence-electron chi connectivity index (χ0n) is 13.9. The van der Waals surface area contributed by atoms with Gasteiger partial charge in [-0.1, -0.05) is 25.8 Å². The van der Waals surface area contributed by atoms with Crippen molar-refractivity contribution >= 4 is 17.0 Å². The molecule has 22 heavy (non-hydrogen) atoms. The maximum atomic E-state index is 6.12. The zero-order chi connectivity index (χ0) is 15.8. The number of pyridine rings is 1. The Bertz CT molecular complexity index is 563. The van der Waals surface area contributed by atoms with E-state index in [4.69, 9.17) is 5.73 Å². The Morgan fingerprint density at radius 3 is 2.77 bits per heavy atom. The molecule has 2 aromatic rings. The highest BCUT2D eigenvalue weighted by Gasteiger charge is 2.08. The highest BCUT2D eigenvalue weighted by atomic mass is 15.3. The van der Waals surface area contributed by atoms with E-state index in [1.807, 2.05) is 28.9 Å². The summed E-state index contributed by atoms with van der Waals surface area (Å²) >= 11 is 0. The minimum absolute atomic E-state index is 0.737. The van der Waals surface area contributed by atoms with Crippen LogP contribution in [0.5, 0.6) is 0 Å². The summed E-state index contributed by atoms with van der Waals surface area (Å²) in [4.78, 5) is 1.61. The van der Waals surface area contributed by atoms with Gasteiger partial charge in [0.05, 0.1) is 25.7 Å². The first-order valence-corrected chi connectivity index (χ1v) is 8.50. The molecule has 0 aliphatic carbocycles. The lowest BCUT2D eigenvalue weighted by Crippen LogP contribution is -3.09. The van der Waals surface area contributed by atoms with E-state index in [1.54, 1.807) is 4.90 Å². The third-order valence-electron chi connectivity index (χ3n) is 4.11. The van der Waals surface area contributed by atoms with Gasteiger partial charge in [0.25, 0.3) is 0 Å². The van der Waals surface area contributed by atoms with Crippen molar-refractivity contribution in [2.75, 3.05) is 37.7 Å². The molecule has 0 saturated carbocycles. The summed E-state index contributed by atoms with van der Waals surface area (Å²) in [6.07, 6.45) is 8.43. The maximum absolute atomic E-state index is 6.12. The molecule has 5 nitrogen and oxygen atoms in total. The molecule has 0 amide bonds. The van der Waals surface area contributed by atoms with Crippen LogP contribution in [0.4, 0.5) is 11.5 Å². The van der Waals surface area contributed by atoms with Crippen LogP contribution in [0.2, 0.25) is 0 Å². The first-order valence-electron chi connectivity index (χ1n) is 8.50. The fourth-order valence-electron chi connectivity index (χ4n) is 2.72. The molecular formula is C17H30N5+. The number of fused-ring (bicyclic) bond motifs is 1. The Kier molecular flexibility index (Phi) is 6.52. The summed E-state index contributed by atoms with van der Waals surface area (Å²) in [5.41, 5.74) is 7.82. The minimum Gasteiger partial charge on any atom is -0.394 e. The summed E-state index contributed by atoms with van der Waals surface area (Å²) < 4.78 is 1.82. The van der Waals surface area contributed by atoms with E-state index >= 15 is 0 Å². The predicted octanol–water partition coefficient (Wildman–Crippen LogP) is 1.81. The predicted molar refractivity (Wildman–Crippen MR) is 93.5 cm³/mol. The molecular weight excluding hydrogens is 274 g/mol. The van der Waals surface area contributed by atoms with E-state index in [2.05, 4.69) is 24.4 Å². The maximum Gasteiger partial charge on any atom is 0.172 e. The number of nitrogens with one attached hydrogen (secondary N) is 2. The normalized spacial score (nSPS) is 12.6. The van der Waals surface area contributed by atoms with Crippen LogP contribution in [-0.2, 0) is 0 Å². The van der Waals surface area contributed by atoms with Crippen LogP contribution in [0, 0.1) is 0 Å². The fourth-order valence-corrected chi connectivity index (χ4v) is 2.72. The summed E-state index contributed by atoms with van der Waals surface area (Å²) in [5, 5.41) is 7.84. The standard InChI is InChI=1S/C17H29N5/c1-3-4-5-7-12-21(2)13-9-11-19-17-16(18)15-10-6-8-14-22(15)20-17/h6,8,10,14H,3-5,7,9,11-13,18H2,1-2H3,(H,19,20)/p+1. The van der Waals surface area contributed by atoms with E-state index in [-0.39, 0.29) is 0 Å². The molecule has 1 atom stereocenters. The van der Waals surface area contributed by atoms with Gasteiger partial charge in [-0.05, 0) is 25.0 Å². The van der Waals surface area contributed by atoms with Crippen molar-refractivity contribution in [1.82, 2.24) is 9.61 Å².